The van der Waals surface area contributed by atoms with Gasteiger partial charge in [0.2, 0.25) is 5.91 Å². The third kappa shape index (κ3) is 4.36. The summed E-state index contributed by atoms with van der Waals surface area (Å²) >= 11 is 0. The number of piperidine rings is 1. The summed E-state index contributed by atoms with van der Waals surface area (Å²) in [7, 11) is 0. The number of unbranched alkanes of at least 4 members (excludes halogenated alkanes) is 1. The van der Waals surface area contributed by atoms with Crippen LogP contribution in [0.3, 0.4) is 0 Å². The van der Waals surface area contributed by atoms with E-state index < -0.39 is 0 Å². The number of nitrogens with zero attached hydrogens (tertiary/aromatic N) is 3. The van der Waals surface area contributed by atoms with Gasteiger partial charge in [-0.1, -0.05) is 13.3 Å². The number of morpholine rings is 1. The summed E-state index contributed by atoms with van der Waals surface area (Å²) in [5.41, 5.74) is 0. The molecule has 6 nitrogen and oxygen atoms in total. The van der Waals surface area contributed by atoms with Crippen molar-refractivity contribution in [2.45, 2.75) is 57.5 Å². The Labute approximate surface area is 144 Å². The number of carbonyl (C=O) groups is 1. The smallest absolute Gasteiger partial charge is 0.224 e. The average Bonchev–Trinajstić information content (AvgIpc) is 3.09. The van der Waals surface area contributed by atoms with Gasteiger partial charge in [-0.2, -0.15) is 0 Å². The van der Waals surface area contributed by atoms with Crippen molar-refractivity contribution in [2.75, 3.05) is 32.8 Å². The Hall–Kier alpha value is -1.40. The average molecular weight is 334 g/mol. The first-order valence-electron chi connectivity index (χ1n) is 9.38. The van der Waals surface area contributed by atoms with Crippen molar-refractivity contribution in [3.8, 4) is 0 Å². The Morgan fingerprint density at radius 2 is 2.25 bits per heavy atom. The van der Waals surface area contributed by atoms with Gasteiger partial charge in [-0.05, 0) is 19.3 Å². The van der Waals surface area contributed by atoms with Crippen LogP contribution in [0.5, 0.6) is 0 Å². The summed E-state index contributed by atoms with van der Waals surface area (Å²) in [6, 6.07) is 0.178. The molecule has 1 N–H and O–H groups in total. The van der Waals surface area contributed by atoms with Gasteiger partial charge in [-0.3, -0.25) is 4.79 Å². The number of likely N-dealkylation sites (tertiary alicyclic amines) is 1. The van der Waals surface area contributed by atoms with E-state index in [1.807, 2.05) is 11.1 Å². The summed E-state index contributed by atoms with van der Waals surface area (Å²) in [5, 5.41) is 3.36. The van der Waals surface area contributed by atoms with E-state index in [0.29, 0.717) is 18.9 Å². The molecule has 2 aliphatic rings. The van der Waals surface area contributed by atoms with E-state index in [1.54, 1.807) is 0 Å². The quantitative estimate of drug-likeness (QED) is 0.861. The van der Waals surface area contributed by atoms with Crippen LogP contribution >= 0.6 is 0 Å². The molecule has 0 aromatic carbocycles. The SMILES string of the molecule is CCCCn1ccnc1C1CCN(C(=O)CC2COCCN2)CC1. The van der Waals surface area contributed by atoms with Crippen molar-refractivity contribution in [1.29, 1.82) is 0 Å². The number of nitrogens with one attached hydrogen (secondary N) is 1. The van der Waals surface area contributed by atoms with Gasteiger partial charge in [0.05, 0.1) is 13.2 Å². The molecular weight excluding hydrogens is 304 g/mol. The lowest BCUT2D eigenvalue weighted by molar-refractivity contribution is -0.133. The Kier molecular flexibility index (Phi) is 6.26. The molecule has 1 amide bonds. The van der Waals surface area contributed by atoms with Crippen LogP contribution in [0, 0.1) is 0 Å². The molecule has 1 unspecified atom stereocenters. The highest BCUT2D eigenvalue weighted by molar-refractivity contribution is 5.77. The molecule has 2 fully saturated rings. The molecule has 0 bridgehead atoms. The molecule has 2 aliphatic heterocycles. The van der Waals surface area contributed by atoms with Gasteiger partial charge >= 0.3 is 0 Å². The topological polar surface area (TPSA) is 59.4 Å². The van der Waals surface area contributed by atoms with Crippen LogP contribution in [-0.2, 0) is 16.1 Å². The second-order valence-electron chi connectivity index (χ2n) is 6.92. The van der Waals surface area contributed by atoms with Crippen LogP contribution in [0.2, 0.25) is 0 Å². The number of aryl methyl sites for hydroxylation is 1. The van der Waals surface area contributed by atoms with Crippen LogP contribution in [-0.4, -0.2) is 59.2 Å². The van der Waals surface area contributed by atoms with E-state index in [2.05, 4.69) is 28.0 Å². The maximum atomic E-state index is 12.5. The number of rotatable bonds is 6. The monoisotopic (exact) mass is 334 g/mol. The standard InChI is InChI=1S/C18H30N4O2/c1-2-3-8-22-11-6-20-18(22)15-4-9-21(10-5-15)17(23)13-16-14-24-12-7-19-16/h6,11,15-16,19H,2-5,7-10,12-14H2,1H3. The lowest BCUT2D eigenvalue weighted by Crippen LogP contribution is -2.46. The van der Waals surface area contributed by atoms with Crippen molar-refractivity contribution in [3.05, 3.63) is 18.2 Å². The molecule has 1 atom stereocenters. The first-order chi connectivity index (χ1) is 11.8. The molecule has 2 saturated heterocycles. The highest BCUT2D eigenvalue weighted by atomic mass is 16.5. The van der Waals surface area contributed by atoms with Gasteiger partial charge in [0.25, 0.3) is 0 Å². The molecule has 24 heavy (non-hydrogen) atoms. The summed E-state index contributed by atoms with van der Waals surface area (Å²) < 4.78 is 7.74. The molecular formula is C18H30N4O2. The lowest BCUT2D eigenvalue weighted by atomic mass is 9.95. The Morgan fingerprint density at radius 1 is 1.42 bits per heavy atom. The highest BCUT2D eigenvalue weighted by Crippen LogP contribution is 2.27. The number of amides is 1. The predicted molar refractivity (Wildman–Crippen MR) is 92.9 cm³/mol. The highest BCUT2D eigenvalue weighted by Gasteiger charge is 2.28. The van der Waals surface area contributed by atoms with Gasteiger partial charge in [0.1, 0.15) is 5.82 Å². The van der Waals surface area contributed by atoms with Crippen molar-refractivity contribution < 1.29 is 9.53 Å². The fourth-order valence-electron chi connectivity index (χ4n) is 3.68. The van der Waals surface area contributed by atoms with Gasteiger partial charge in [0, 0.05) is 57.0 Å². The second kappa shape index (κ2) is 8.62. The summed E-state index contributed by atoms with van der Waals surface area (Å²) in [4.78, 5) is 19.1. The fourth-order valence-corrected chi connectivity index (χ4v) is 3.68. The van der Waals surface area contributed by atoms with Gasteiger partial charge in [-0.15, -0.1) is 0 Å². The molecule has 3 heterocycles. The van der Waals surface area contributed by atoms with Crippen LogP contribution in [0.15, 0.2) is 12.4 Å². The van der Waals surface area contributed by atoms with E-state index in [0.717, 1.165) is 45.6 Å². The van der Waals surface area contributed by atoms with E-state index in [-0.39, 0.29) is 11.9 Å². The van der Waals surface area contributed by atoms with E-state index >= 15 is 0 Å². The molecule has 3 rings (SSSR count). The normalized spacial score (nSPS) is 22.7. The first kappa shape index (κ1) is 17.4. The second-order valence-corrected chi connectivity index (χ2v) is 6.92. The molecule has 1 aromatic rings. The lowest BCUT2D eigenvalue weighted by Gasteiger charge is -2.33. The minimum atomic E-state index is 0.178. The predicted octanol–water partition coefficient (Wildman–Crippen LogP) is 1.77. The van der Waals surface area contributed by atoms with Crippen LogP contribution in [0.25, 0.3) is 0 Å². The minimum Gasteiger partial charge on any atom is -0.378 e. The van der Waals surface area contributed by atoms with Gasteiger partial charge in [-0.25, -0.2) is 4.98 Å². The summed E-state index contributed by atoms with van der Waals surface area (Å²) in [5.74, 6) is 1.95. The minimum absolute atomic E-state index is 0.178. The van der Waals surface area contributed by atoms with Crippen molar-refractivity contribution >= 4 is 5.91 Å². The summed E-state index contributed by atoms with van der Waals surface area (Å²) in [6.45, 7) is 7.21. The Bertz CT molecular complexity index is 517. The maximum Gasteiger partial charge on any atom is 0.224 e. The summed E-state index contributed by atoms with van der Waals surface area (Å²) in [6.07, 6.45) is 8.98. The Morgan fingerprint density at radius 3 is 2.96 bits per heavy atom. The zero-order chi connectivity index (χ0) is 16.8. The largest absolute Gasteiger partial charge is 0.378 e. The van der Waals surface area contributed by atoms with Crippen molar-refractivity contribution in [2.24, 2.45) is 0 Å². The third-order valence-electron chi connectivity index (χ3n) is 5.13. The fraction of sp³-hybridized carbons (Fsp3) is 0.778. The van der Waals surface area contributed by atoms with Crippen LogP contribution in [0.4, 0.5) is 0 Å². The number of aromatic nitrogens is 2. The van der Waals surface area contributed by atoms with Crippen molar-refractivity contribution in [1.82, 2.24) is 19.8 Å². The van der Waals surface area contributed by atoms with Crippen LogP contribution in [0.1, 0.15) is 50.8 Å². The van der Waals surface area contributed by atoms with E-state index in [1.165, 1.54) is 18.7 Å². The maximum absolute atomic E-state index is 12.5. The van der Waals surface area contributed by atoms with E-state index in [9.17, 15) is 4.79 Å². The van der Waals surface area contributed by atoms with Gasteiger partial charge in [0.15, 0.2) is 0 Å². The van der Waals surface area contributed by atoms with Gasteiger partial charge < -0.3 is 19.5 Å². The van der Waals surface area contributed by atoms with Crippen molar-refractivity contribution in [3.63, 3.8) is 0 Å². The van der Waals surface area contributed by atoms with Crippen LogP contribution < -0.4 is 5.32 Å². The Balaban J connectivity index is 1.48. The number of imidazole rings is 1. The zero-order valence-corrected chi connectivity index (χ0v) is 14.7. The molecule has 134 valence electrons. The number of hydrogen-bond donors (Lipinski definition) is 1. The molecule has 1 aromatic heterocycles. The number of hydrogen-bond acceptors (Lipinski definition) is 4. The molecule has 0 aliphatic carbocycles. The molecule has 0 radical (unpaired) electrons. The van der Waals surface area contributed by atoms with E-state index in [4.69, 9.17) is 4.74 Å². The zero-order valence-electron chi connectivity index (χ0n) is 14.7. The third-order valence-corrected chi connectivity index (χ3v) is 5.13. The first-order valence-corrected chi connectivity index (χ1v) is 9.38. The number of carbonyl (C=O) groups excluding carboxylic acids is 1. The molecule has 0 saturated carbocycles. The molecule has 0 spiro atoms. The molecule has 6 heteroatoms. The number of ether oxygens (including phenoxy) is 1.